The van der Waals surface area contributed by atoms with Crippen LogP contribution in [-0.4, -0.2) is 44.4 Å². The SMILES string of the molecule is CC1(C)O[B-](O)(c2c(-c3ccc(F)cn3)nn3c2OCC2(CC2)C3)OC1(C)C. The average molecular weight is 388 g/mol. The smallest absolute Gasteiger partial charge is 0.415 e. The molecule has 150 valence electrons. The van der Waals surface area contributed by atoms with Gasteiger partial charge in [0.15, 0.2) is 5.88 Å². The van der Waals surface area contributed by atoms with Crippen LogP contribution in [0.1, 0.15) is 40.5 Å². The number of rotatable bonds is 2. The van der Waals surface area contributed by atoms with Crippen LogP contribution in [-0.2, 0) is 15.9 Å². The Balaban J connectivity index is 1.68. The van der Waals surface area contributed by atoms with Gasteiger partial charge in [-0.05, 0) is 58.1 Å². The molecule has 28 heavy (non-hydrogen) atoms. The largest absolute Gasteiger partial charge is 0.555 e. The van der Waals surface area contributed by atoms with Crippen molar-refractivity contribution in [3.8, 4) is 17.3 Å². The van der Waals surface area contributed by atoms with Gasteiger partial charge >= 0.3 is 6.75 Å². The third kappa shape index (κ3) is 2.53. The first-order valence-corrected chi connectivity index (χ1v) is 9.67. The minimum absolute atomic E-state index is 0.120. The topological polar surface area (TPSA) is 78.6 Å². The molecule has 0 bridgehead atoms. The van der Waals surface area contributed by atoms with Gasteiger partial charge in [-0.2, -0.15) is 5.10 Å². The fourth-order valence-electron chi connectivity index (χ4n) is 4.04. The molecule has 0 unspecified atom stereocenters. The molecule has 7 nitrogen and oxygen atoms in total. The van der Waals surface area contributed by atoms with E-state index in [0.29, 0.717) is 35.9 Å². The van der Waals surface area contributed by atoms with Crippen molar-refractivity contribution in [1.82, 2.24) is 14.8 Å². The molecule has 1 aliphatic carbocycles. The summed E-state index contributed by atoms with van der Waals surface area (Å²) in [6.45, 7) is 5.90. The summed E-state index contributed by atoms with van der Waals surface area (Å²) in [5, 5.41) is 16.2. The molecule has 5 rings (SSSR count). The van der Waals surface area contributed by atoms with Crippen LogP contribution >= 0.6 is 0 Å². The van der Waals surface area contributed by atoms with Gasteiger partial charge in [0, 0.05) is 16.6 Å². The number of halogens is 1. The monoisotopic (exact) mass is 388 g/mol. The highest BCUT2D eigenvalue weighted by Gasteiger charge is 2.56. The Morgan fingerprint density at radius 1 is 1.14 bits per heavy atom. The fraction of sp³-hybridized carbons (Fsp3) is 0.579. The molecule has 9 heteroatoms. The number of fused-ring (bicyclic) bond motifs is 1. The maximum atomic E-state index is 13.4. The molecule has 1 N–H and O–H groups in total. The number of pyridine rings is 1. The molecule has 4 heterocycles. The molecule has 0 aromatic carbocycles. The first kappa shape index (κ1) is 18.1. The standard InChI is InChI=1S/C19H24BFN3O4/c1-17(2)18(3,4)28-20(25,27-17)14-15(13-6-5-12(21)9-22-13)23-24-10-19(7-8-19)11-26-16(14)24/h5-6,9,25H,7-8,10-11H2,1-4H3/q-1. The first-order valence-electron chi connectivity index (χ1n) is 9.67. The predicted octanol–water partition coefficient (Wildman–Crippen LogP) is 2.00. The highest BCUT2D eigenvalue weighted by atomic mass is 19.1. The van der Waals surface area contributed by atoms with Gasteiger partial charge in [0.25, 0.3) is 0 Å². The van der Waals surface area contributed by atoms with E-state index in [1.165, 1.54) is 12.1 Å². The lowest BCUT2D eigenvalue weighted by molar-refractivity contribution is 0.00578. The molecule has 3 aliphatic rings. The van der Waals surface area contributed by atoms with Gasteiger partial charge in [0.1, 0.15) is 5.82 Å². The maximum Gasteiger partial charge on any atom is 0.415 e. The Morgan fingerprint density at radius 3 is 2.39 bits per heavy atom. The van der Waals surface area contributed by atoms with Crippen LogP contribution in [0.25, 0.3) is 11.4 Å². The molecule has 1 saturated carbocycles. The van der Waals surface area contributed by atoms with Crippen molar-refractivity contribution in [1.29, 1.82) is 0 Å². The molecule has 0 amide bonds. The van der Waals surface area contributed by atoms with Crippen LogP contribution in [0.5, 0.6) is 5.88 Å². The second-order valence-electron chi connectivity index (χ2n) is 9.30. The third-order valence-corrected chi connectivity index (χ3v) is 6.59. The summed E-state index contributed by atoms with van der Waals surface area (Å²) in [5.41, 5.74) is -0.198. The van der Waals surface area contributed by atoms with Crippen LogP contribution in [0.3, 0.4) is 0 Å². The molecule has 2 aromatic rings. The number of ether oxygens (including phenoxy) is 1. The number of nitrogens with zero attached hydrogens (tertiary/aromatic N) is 3. The minimum Gasteiger partial charge on any atom is -0.555 e. The van der Waals surface area contributed by atoms with Crippen LogP contribution in [0, 0.1) is 11.2 Å². The highest BCUT2D eigenvalue weighted by molar-refractivity contribution is 6.77. The molecular weight excluding hydrogens is 364 g/mol. The Labute approximate surface area is 162 Å². The van der Waals surface area contributed by atoms with Crippen LogP contribution < -0.4 is 10.2 Å². The van der Waals surface area contributed by atoms with E-state index < -0.39 is 23.8 Å². The highest BCUT2D eigenvalue weighted by Crippen LogP contribution is 2.51. The van der Waals surface area contributed by atoms with Crippen LogP contribution in [0.4, 0.5) is 4.39 Å². The lowest BCUT2D eigenvalue weighted by Crippen LogP contribution is -2.53. The number of aromatic nitrogens is 3. The van der Waals surface area contributed by atoms with E-state index >= 15 is 0 Å². The van der Waals surface area contributed by atoms with E-state index in [-0.39, 0.29) is 5.41 Å². The molecule has 2 fully saturated rings. The van der Waals surface area contributed by atoms with Crippen molar-refractivity contribution in [3.05, 3.63) is 24.1 Å². The average Bonchev–Trinajstić information content (AvgIpc) is 3.17. The Kier molecular flexibility index (Phi) is 3.45. The summed E-state index contributed by atoms with van der Waals surface area (Å²) in [6, 6.07) is 2.85. The normalized spacial score (nSPS) is 25.4. The van der Waals surface area contributed by atoms with Crippen molar-refractivity contribution >= 4 is 12.2 Å². The van der Waals surface area contributed by atoms with Crippen LogP contribution in [0.15, 0.2) is 18.3 Å². The minimum atomic E-state index is -2.87. The lowest BCUT2D eigenvalue weighted by atomic mass is 9.69. The van der Waals surface area contributed by atoms with E-state index in [2.05, 4.69) is 10.1 Å². The van der Waals surface area contributed by atoms with Gasteiger partial charge in [-0.1, -0.05) is 0 Å². The van der Waals surface area contributed by atoms with Gasteiger partial charge in [-0.25, -0.2) is 9.07 Å². The van der Waals surface area contributed by atoms with Crippen molar-refractivity contribution in [2.75, 3.05) is 6.61 Å². The first-order chi connectivity index (χ1) is 13.0. The van der Waals surface area contributed by atoms with Crippen molar-refractivity contribution in [2.24, 2.45) is 5.41 Å². The molecule has 0 radical (unpaired) electrons. The van der Waals surface area contributed by atoms with Crippen molar-refractivity contribution in [3.63, 3.8) is 0 Å². The van der Waals surface area contributed by atoms with Gasteiger partial charge in [0.05, 0.1) is 30.7 Å². The van der Waals surface area contributed by atoms with Crippen molar-refractivity contribution in [2.45, 2.75) is 58.3 Å². The number of hydrogen-bond acceptors (Lipinski definition) is 6. The summed E-state index contributed by atoms with van der Waals surface area (Å²) in [5.74, 6) is -0.00281. The summed E-state index contributed by atoms with van der Waals surface area (Å²) in [7, 11) is 0. The van der Waals surface area contributed by atoms with Gasteiger partial charge in [-0.3, -0.25) is 4.98 Å². The van der Waals surface area contributed by atoms with Crippen molar-refractivity contribution < 1.29 is 23.5 Å². The molecule has 2 aromatic heterocycles. The molecular formula is C19H24BFN3O4-. The van der Waals surface area contributed by atoms with E-state index in [1.54, 1.807) is 4.68 Å². The second-order valence-corrected chi connectivity index (χ2v) is 9.30. The second kappa shape index (κ2) is 5.34. The maximum absolute atomic E-state index is 13.4. The zero-order chi connectivity index (χ0) is 19.9. The number of hydrogen-bond donors (Lipinski definition) is 1. The zero-order valence-corrected chi connectivity index (χ0v) is 16.5. The quantitative estimate of drug-likeness (QED) is 0.793. The Bertz CT molecular complexity index is 937. The molecule has 1 spiro atoms. The van der Waals surface area contributed by atoms with E-state index in [0.717, 1.165) is 19.0 Å². The van der Waals surface area contributed by atoms with Crippen LogP contribution in [0.2, 0.25) is 0 Å². The van der Waals surface area contributed by atoms with Gasteiger partial charge in [0.2, 0.25) is 0 Å². The van der Waals surface area contributed by atoms with E-state index in [9.17, 15) is 9.41 Å². The predicted molar refractivity (Wildman–Crippen MR) is 101 cm³/mol. The molecule has 1 saturated heterocycles. The molecule has 2 aliphatic heterocycles. The van der Waals surface area contributed by atoms with Gasteiger partial charge < -0.3 is 19.1 Å². The van der Waals surface area contributed by atoms with Gasteiger partial charge in [-0.15, -0.1) is 0 Å². The summed E-state index contributed by atoms with van der Waals surface area (Å²) in [6.07, 6.45) is 3.31. The fourth-order valence-corrected chi connectivity index (χ4v) is 4.04. The molecule has 0 atom stereocenters. The Morgan fingerprint density at radius 2 is 1.82 bits per heavy atom. The third-order valence-electron chi connectivity index (χ3n) is 6.59. The van der Waals surface area contributed by atoms with E-state index in [1.807, 2.05) is 27.7 Å². The lowest BCUT2D eigenvalue weighted by Gasteiger charge is -2.36. The summed E-state index contributed by atoms with van der Waals surface area (Å²) in [4.78, 5) is 4.16. The van der Waals surface area contributed by atoms with E-state index in [4.69, 9.17) is 14.0 Å². The summed E-state index contributed by atoms with van der Waals surface area (Å²) >= 11 is 0. The zero-order valence-electron chi connectivity index (χ0n) is 16.5. The Hall–Kier alpha value is -1.97. The summed E-state index contributed by atoms with van der Waals surface area (Å²) < 4.78 is 33.4.